The van der Waals surface area contributed by atoms with Gasteiger partial charge in [-0.2, -0.15) is 0 Å². The molecule has 0 spiro atoms. The number of fused-ring (bicyclic) bond motifs is 3. The van der Waals surface area contributed by atoms with Crippen LogP contribution in [-0.2, 0) is 27.5 Å². The molecule has 11 heteroatoms. The summed E-state index contributed by atoms with van der Waals surface area (Å²) >= 11 is 0. The van der Waals surface area contributed by atoms with Crippen molar-refractivity contribution in [2.45, 2.75) is 106 Å². The monoisotopic (exact) mass is 589 g/mol. The lowest BCUT2D eigenvalue weighted by Crippen LogP contribution is -2.48. The van der Waals surface area contributed by atoms with E-state index in [4.69, 9.17) is 4.74 Å². The van der Waals surface area contributed by atoms with Crippen LogP contribution in [0.25, 0.3) is 21.9 Å². The molecule has 0 aliphatic heterocycles. The first-order valence-electron chi connectivity index (χ1n) is 14.4. The number of para-hydroxylation sites is 1. The smallest absolute Gasteiger partial charge is 0.252 e. The molecule has 0 atom stereocenters. The van der Waals surface area contributed by atoms with Crippen LogP contribution in [0.1, 0.15) is 82.0 Å². The van der Waals surface area contributed by atoms with Crippen molar-refractivity contribution >= 4 is 39.6 Å². The van der Waals surface area contributed by atoms with Gasteiger partial charge < -0.3 is 35.3 Å². The van der Waals surface area contributed by atoms with E-state index in [0.29, 0.717) is 22.4 Å². The molecular formula is C31H51N5O6. The van der Waals surface area contributed by atoms with Crippen molar-refractivity contribution in [1.29, 1.82) is 0 Å². The van der Waals surface area contributed by atoms with Crippen LogP contribution in [0.5, 0.6) is 0 Å². The number of hydrogen-bond donors (Lipinski definition) is 5. The Kier molecular flexibility index (Phi) is 13.5. The molecule has 11 nitrogen and oxygen atoms in total. The van der Waals surface area contributed by atoms with Crippen molar-refractivity contribution in [3.63, 3.8) is 0 Å². The van der Waals surface area contributed by atoms with Gasteiger partial charge in [-0.1, -0.05) is 52.8 Å². The predicted octanol–water partition coefficient (Wildman–Crippen LogP) is 4.16. The van der Waals surface area contributed by atoms with E-state index in [1.54, 1.807) is 52.2 Å². The molecule has 0 radical (unpaired) electrons. The molecule has 3 aromatic rings. The number of carbonyl (C=O) groups excluding carboxylic acids is 2. The summed E-state index contributed by atoms with van der Waals surface area (Å²) in [6, 6.07) is 7.30. The number of anilines is 1. The maximum atomic E-state index is 12.8. The summed E-state index contributed by atoms with van der Waals surface area (Å²) in [5.41, 5.74) is -1.89. The van der Waals surface area contributed by atoms with E-state index in [1.807, 2.05) is 32.0 Å². The summed E-state index contributed by atoms with van der Waals surface area (Å²) in [5.74, 6) is 0.272. The molecule has 0 unspecified atom stereocenters. The second-order valence-corrected chi connectivity index (χ2v) is 12.3. The molecule has 0 saturated carbocycles. The van der Waals surface area contributed by atoms with E-state index in [2.05, 4.69) is 41.4 Å². The predicted molar refractivity (Wildman–Crippen MR) is 167 cm³/mol. The first-order chi connectivity index (χ1) is 19.3. The number of hydrogen-bond acceptors (Lipinski definition) is 8. The van der Waals surface area contributed by atoms with Crippen LogP contribution in [0.3, 0.4) is 0 Å². The SMILES string of the molecule is CC.CC(C)(O)COC(C)(C)C(=O)NCC(=O)Nc1nc2ccccc2c2c1nc(CO)n2CC(C)(C)O.CC(C)C. The zero-order chi connectivity index (χ0) is 32.5. The van der Waals surface area contributed by atoms with Crippen LogP contribution >= 0.6 is 0 Å². The van der Waals surface area contributed by atoms with Gasteiger partial charge in [0.2, 0.25) is 5.91 Å². The Morgan fingerprint density at radius 2 is 1.55 bits per heavy atom. The fraction of sp³-hybridized carbons (Fsp3) is 0.613. The molecular weight excluding hydrogens is 538 g/mol. The Morgan fingerprint density at radius 1 is 0.976 bits per heavy atom. The van der Waals surface area contributed by atoms with Crippen LogP contribution in [0.2, 0.25) is 0 Å². The van der Waals surface area contributed by atoms with Gasteiger partial charge in [-0.25, -0.2) is 9.97 Å². The molecule has 0 saturated heterocycles. The van der Waals surface area contributed by atoms with Crippen LogP contribution in [0, 0.1) is 5.92 Å². The highest BCUT2D eigenvalue weighted by Gasteiger charge is 2.31. The number of ether oxygens (including phenoxy) is 1. The topological polar surface area (TPSA) is 159 Å². The van der Waals surface area contributed by atoms with Crippen molar-refractivity contribution in [2.75, 3.05) is 18.5 Å². The highest BCUT2D eigenvalue weighted by Crippen LogP contribution is 2.31. The van der Waals surface area contributed by atoms with Gasteiger partial charge in [-0.05, 0) is 53.5 Å². The van der Waals surface area contributed by atoms with Gasteiger partial charge in [-0.15, -0.1) is 0 Å². The number of aliphatic hydroxyl groups excluding tert-OH is 1. The minimum atomic E-state index is -1.26. The van der Waals surface area contributed by atoms with Crippen LogP contribution in [-0.4, -0.2) is 71.6 Å². The summed E-state index contributed by atoms with van der Waals surface area (Å²) in [6.07, 6.45) is 0. The number of amides is 2. The number of nitrogens with zero attached hydrogens (tertiary/aromatic N) is 3. The zero-order valence-electron chi connectivity index (χ0n) is 27.1. The lowest BCUT2D eigenvalue weighted by molar-refractivity contribution is -0.150. The summed E-state index contributed by atoms with van der Waals surface area (Å²) in [7, 11) is 0. The molecule has 1 aromatic carbocycles. The van der Waals surface area contributed by atoms with Crippen molar-refractivity contribution in [2.24, 2.45) is 5.92 Å². The fourth-order valence-electron chi connectivity index (χ4n) is 3.62. The van der Waals surface area contributed by atoms with Crippen LogP contribution in [0.4, 0.5) is 5.82 Å². The fourth-order valence-corrected chi connectivity index (χ4v) is 3.62. The minimum absolute atomic E-state index is 0.0564. The molecule has 0 fully saturated rings. The number of carbonyl (C=O) groups is 2. The zero-order valence-corrected chi connectivity index (χ0v) is 27.1. The van der Waals surface area contributed by atoms with Gasteiger partial charge in [0, 0.05) is 5.39 Å². The Morgan fingerprint density at radius 3 is 2.07 bits per heavy atom. The second kappa shape index (κ2) is 15.4. The normalized spacial score (nSPS) is 12.0. The van der Waals surface area contributed by atoms with Crippen molar-refractivity contribution in [1.82, 2.24) is 19.9 Å². The van der Waals surface area contributed by atoms with Crippen molar-refractivity contribution in [3.05, 3.63) is 30.1 Å². The largest absolute Gasteiger partial charge is 0.389 e. The molecule has 0 aliphatic carbocycles. The number of imidazole rings is 1. The number of aromatic nitrogens is 3. The molecule has 236 valence electrons. The number of aliphatic hydroxyl groups is 3. The Hall–Kier alpha value is -3.12. The van der Waals surface area contributed by atoms with Gasteiger partial charge in [-0.3, -0.25) is 9.59 Å². The minimum Gasteiger partial charge on any atom is -0.389 e. The molecule has 5 N–H and O–H groups in total. The maximum absolute atomic E-state index is 12.8. The molecule has 3 rings (SSSR count). The van der Waals surface area contributed by atoms with E-state index < -0.39 is 28.6 Å². The number of benzene rings is 1. The lowest BCUT2D eigenvalue weighted by Gasteiger charge is -2.28. The van der Waals surface area contributed by atoms with Gasteiger partial charge in [0.25, 0.3) is 5.91 Å². The average Bonchev–Trinajstić information content (AvgIpc) is 3.24. The van der Waals surface area contributed by atoms with Gasteiger partial charge >= 0.3 is 0 Å². The first-order valence-corrected chi connectivity index (χ1v) is 14.4. The van der Waals surface area contributed by atoms with Crippen molar-refractivity contribution < 1.29 is 29.6 Å². The average molecular weight is 590 g/mol. The quantitative estimate of drug-likeness (QED) is 0.236. The molecule has 42 heavy (non-hydrogen) atoms. The van der Waals surface area contributed by atoms with E-state index in [0.717, 1.165) is 11.3 Å². The Balaban J connectivity index is 0.00000135. The van der Waals surface area contributed by atoms with Crippen molar-refractivity contribution in [3.8, 4) is 0 Å². The van der Waals surface area contributed by atoms with Gasteiger partial charge in [0.05, 0.1) is 41.9 Å². The van der Waals surface area contributed by atoms with Gasteiger partial charge in [0.15, 0.2) is 5.82 Å². The standard InChI is InChI=1S/C25H35N5O6.C4H10.C2H6/c1-23(2,34)13-30-17(12-31)28-19-20(30)15-9-7-8-10-16(15)27-21(19)29-18(32)11-26-22(33)25(5,6)36-14-24(3,4)35;1-4(2)3;1-2/h7-10,31,34-35H,11-14H2,1-6H3,(H,26,33)(H,27,29,32);4H,1-3H3;1-2H3. The van der Waals surface area contributed by atoms with Gasteiger partial charge in [0.1, 0.15) is 23.5 Å². The number of nitrogens with one attached hydrogen (secondary N) is 2. The highest BCUT2D eigenvalue weighted by atomic mass is 16.5. The van der Waals surface area contributed by atoms with E-state index in [9.17, 15) is 24.9 Å². The Labute approximate surface area is 249 Å². The molecule has 2 amide bonds. The molecule has 0 aliphatic rings. The molecule has 2 aromatic heterocycles. The van der Waals surface area contributed by atoms with Crippen LogP contribution in [0.15, 0.2) is 24.3 Å². The summed E-state index contributed by atoms with van der Waals surface area (Å²) in [4.78, 5) is 34.4. The third-order valence-corrected chi connectivity index (χ3v) is 5.35. The summed E-state index contributed by atoms with van der Waals surface area (Å²) in [6.45, 7) is 19.4. The van der Waals surface area contributed by atoms with E-state index in [1.165, 1.54) is 0 Å². The highest BCUT2D eigenvalue weighted by molar-refractivity contribution is 6.10. The first kappa shape index (κ1) is 36.9. The third kappa shape index (κ3) is 11.3. The summed E-state index contributed by atoms with van der Waals surface area (Å²) < 4.78 is 7.24. The number of pyridine rings is 1. The Bertz CT molecular complexity index is 1320. The molecule has 0 bridgehead atoms. The van der Waals surface area contributed by atoms with Crippen LogP contribution < -0.4 is 10.6 Å². The van der Waals surface area contributed by atoms with E-state index in [-0.39, 0.29) is 32.1 Å². The summed E-state index contributed by atoms with van der Waals surface area (Å²) in [5, 5.41) is 36.2. The number of rotatable bonds is 10. The second-order valence-electron chi connectivity index (χ2n) is 12.3. The van der Waals surface area contributed by atoms with E-state index >= 15 is 0 Å². The molecule has 2 heterocycles. The maximum Gasteiger partial charge on any atom is 0.252 e. The lowest BCUT2D eigenvalue weighted by atomic mass is 10.1. The third-order valence-electron chi connectivity index (χ3n) is 5.35.